The number of halogens is 2. The second kappa shape index (κ2) is 11.7. The average Bonchev–Trinajstić information content (AvgIpc) is 2.94. The summed E-state index contributed by atoms with van der Waals surface area (Å²) in [6, 6.07) is 5.25. The Morgan fingerprint density at radius 1 is 0.933 bits per heavy atom. The Labute approximate surface area is 189 Å². The van der Waals surface area contributed by atoms with E-state index in [-0.39, 0.29) is 11.8 Å². The van der Waals surface area contributed by atoms with Crippen molar-refractivity contribution in [3.05, 3.63) is 39.9 Å². The van der Waals surface area contributed by atoms with Crippen LogP contribution >= 0.6 is 23.2 Å². The van der Waals surface area contributed by atoms with E-state index in [9.17, 15) is 9.59 Å². The molecule has 2 aliphatic heterocycles. The summed E-state index contributed by atoms with van der Waals surface area (Å²) < 4.78 is 0. The molecule has 5 nitrogen and oxygen atoms in total. The van der Waals surface area contributed by atoms with Crippen LogP contribution in [0.2, 0.25) is 10.0 Å². The summed E-state index contributed by atoms with van der Waals surface area (Å²) in [4.78, 5) is 31.2. The lowest BCUT2D eigenvalue weighted by Crippen LogP contribution is -2.36. The predicted molar refractivity (Wildman–Crippen MR) is 123 cm³/mol. The Bertz CT molecular complexity index is 763. The Balaban J connectivity index is 1.43. The van der Waals surface area contributed by atoms with E-state index in [1.54, 1.807) is 29.2 Å². The summed E-state index contributed by atoms with van der Waals surface area (Å²) in [6.45, 7) is 6.00. The Morgan fingerprint density at radius 3 is 2.47 bits per heavy atom. The molecule has 2 amide bonds. The Hall–Kier alpha value is -1.56. The van der Waals surface area contributed by atoms with Crippen molar-refractivity contribution in [1.82, 2.24) is 14.7 Å². The van der Waals surface area contributed by atoms with Crippen molar-refractivity contribution in [2.75, 3.05) is 45.8 Å². The van der Waals surface area contributed by atoms with E-state index in [0.29, 0.717) is 36.1 Å². The third-order valence-electron chi connectivity index (χ3n) is 5.86. The maximum Gasteiger partial charge on any atom is 0.246 e. The summed E-state index contributed by atoms with van der Waals surface area (Å²) in [7, 11) is 0. The molecule has 7 heteroatoms. The number of hydrogen-bond donors (Lipinski definition) is 0. The van der Waals surface area contributed by atoms with Crippen LogP contribution in [0.1, 0.15) is 44.1 Å². The van der Waals surface area contributed by atoms with Gasteiger partial charge in [0.05, 0.1) is 10.0 Å². The molecule has 2 fully saturated rings. The normalized spacial score (nSPS) is 18.8. The largest absolute Gasteiger partial charge is 0.341 e. The molecule has 164 valence electrons. The van der Waals surface area contributed by atoms with E-state index in [4.69, 9.17) is 23.2 Å². The predicted octanol–water partition coefficient (Wildman–Crippen LogP) is 4.33. The molecule has 0 saturated carbocycles. The van der Waals surface area contributed by atoms with Gasteiger partial charge < -0.3 is 14.7 Å². The fourth-order valence-electron chi connectivity index (χ4n) is 4.03. The molecule has 0 unspecified atom stereocenters. The number of carbonyl (C=O) groups excluding carboxylic acids is 2. The summed E-state index contributed by atoms with van der Waals surface area (Å²) >= 11 is 11.9. The zero-order valence-electron chi connectivity index (χ0n) is 17.5. The molecular weight excluding hydrogens is 421 g/mol. The first-order chi connectivity index (χ1) is 14.5. The van der Waals surface area contributed by atoms with Crippen LogP contribution < -0.4 is 0 Å². The number of amides is 2. The van der Waals surface area contributed by atoms with Crippen molar-refractivity contribution in [3.8, 4) is 0 Å². The highest BCUT2D eigenvalue weighted by Gasteiger charge is 2.22. The molecule has 0 radical (unpaired) electrons. The number of nitrogens with zero attached hydrogens (tertiary/aromatic N) is 3. The molecule has 1 aromatic carbocycles. The zero-order valence-corrected chi connectivity index (χ0v) is 19.0. The van der Waals surface area contributed by atoms with Crippen molar-refractivity contribution < 1.29 is 9.59 Å². The van der Waals surface area contributed by atoms with E-state index < -0.39 is 0 Å². The minimum atomic E-state index is -0.0826. The zero-order chi connectivity index (χ0) is 21.3. The highest BCUT2D eigenvalue weighted by molar-refractivity contribution is 6.42. The Kier molecular flexibility index (Phi) is 9.04. The maximum absolute atomic E-state index is 12.6. The van der Waals surface area contributed by atoms with Crippen LogP contribution in [-0.2, 0) is 9.59 Å². The van der Waals surface area contributed by atoms with Crippen LogP contribution in [-0.4, -0.2) is 72.3 Å². The third-order valence-corrected chi connectivity index (χ3v) is 6.60. The van der Waals surface area contributed by atoms with Crippen molar-refractivity contribution in [3.63, 3.8) is 0 Å². The van der Waals surface area contributed by atoms with Gasteiger partial charge in [-0.3, -0.25) is 9.59 Å². The van der Waals surface area contributed by atoms with Gasteiger partial charge in [0, 0.05) is 38.7 Å². The molecule has 0 atom stereocenters. The molecule has 2 saturated heterocycles. The van der Waals surface area contributed by atoms with Crippen molar-refractivity contribution >= 4 is 41.1 Å². The first-order valence-corrected chi connectivity index (χ1v) is 11.7. The first-order valence-electron chi connectivity index (χ1n) is 10.9. The number of benzene rings is 1. The summed E-state index contributed by atoms with van der Waals surface area (Å²) in [6.07, 6.45) is 9.79. The summed E-state index contributed by atoms with van der Waals surface area (Å²) in [5.41, 5.74) is 0.819. The Morgan fingerprint density at radius 2 is 1.70 bits per heavy atom. The SMILES string of the molecule is O=C(C=Cc1ccc(Cl)c(Cl)c1)N1CCC(=O)N(CCCCN2CCCCC2)CC1. The van der Waals surface area contributed by atoms with Gasteiger partial charge in [0.15, 0.2) is 0 Å². The second-order valence-electron chi connectivity index (χ2n) is 8.07. The molecule has 2 aliphatic rings. The van der Waals surface area contributed by atoms with Gasteiger partial charge in [0.2, 0.25) is 11.8 Å². The van der Waals surface area contributed by atoms with Gasteiger partial charge in [0.25, 0.3) is 0 Å². The van der Waals surface area contributed by atoms with E-state index in [2.05, 4.69) is 4.90 Å². The molecule has 0 bridgehead atoms. The van der Waals surface area contributed by atoms with Crippen LogP contribution in [0.3, 0.4) is 0 Å². The second-order valence-corrected chi connectivity index (χ2v) is 8.89. The maximum atomic E-state index is 12.6. The molecule has 0 aromatic heterocycles. The number of carbonyl (C=O) groups is 2. The molecular formula is C23H31Cl2N3O2. The topological polar surface area (TPSA) is 43.9 Å². The number of unbranched alkanes of at least 4 members (excludes halogenated alkanes) is 1. The van der Waals surface area contributed by atoms with Crippen LogP contribution in [0.15, 0.2) is 24.3 Å². The highest BCUT2D eigenvalue weighted by atomic mass is 35.5. The van der Waals surface area contributed by atoms with Crippen LogP contribution in [0.25, 0.3) is 6.08 Å². The minimum Gasteiger partial charge on any atom is -0.341 e. The lowest BCUT2D eigenvalue weighted by Gasteiger charge is -2.27. The van der Waals surface area contributed by atoms with Gasteiger partial charge in [-0.2, -0.15) is 0 Å². The van der Waals surface area contributed by atoms with Crippen LogP contribution in [0.4, 0.5) is 0 Å². The van der Waals surface area contributed by atoms with Gasteiger partial charge in [-0.15, -0.1) is 0 Å². The molecule has 2 heterocycles. The smallest absolute Gasteiger partial charge is 0.246 e. The summed E-state index contributed by atoms with van der Waals surface area (Å²) in [5.74, 6) is 0.0672. The van der Waals surface area contributed by atoms with Gasteiger partial charge in [-0.05, 0) is 69.1 Å². The fraction of sp³-hybridized carbons (Fsp3) is 0.565. The van der Waals surface area contributed by atoms with Gasteiger partial charge >= 0.3 is 0 Å². The number of rotatable bonds is 7. The highest BCUT2D eigenvalue weighted by Crippen LogP contribution is 2.23. The lowest BCUT2D eigenvalue weighted by molar-refractivity contribution is -0.130. The van der Waals surface area contributed by atoms with Crippen molar-refractivity contribution in [2.45, 2.75) is 38.5 Å². The quantitative estimate of drug-likeness (QED) is 0.457. The monoisotopic (exact) mass is 451 g/mol. The average molecular weight is 452 g/mol. The third kappa shape index (κ3) is 7.00. The van der Waals surface area contributed by atoms with E-state index >= 15 is 0 Å². The first kappa shape index (κ1) is 23.1. The molecule has 1 aromatic rings. The molecule has 30 heavy (non-hydrogen) atoms. The van der Waals surface area contributed by atoms with Crippen molar-refractivity contribution in [1.29, 1.82) is 0 Å². The molecule has 0 spiro atoms. The minimum absolute atomic E-state index is 0.0826. The van der Waals surface area contributed by atoms with Crippen LogP contribution in [0.5, 0.6) is 0 Å². The van der Waals surface area contributed by atoms with Gasteiger partial charge in [-0.25, -0.2) is 0 Å². The molecule has 0 N–H and O–H groups in total. The molecule has 3 rings (SSSR count). The number of hydrogen-bond acceptors (Lipinski definition) is 3. The van der Waals surface area contributed by atoms with Gasteiger partial charge in [-0.1, -0.05) is 35.7 Å². The summed E-state index contributed by atoms with van der Waals surface area (Å²) in [5, 5.41) is 0.949. The number of piperidine rings is 1. The van der Waals surface area contributed by atoms with E-state index in [1.807, 2.05) is 11.0 Å². The lowest BCUT2D eigenvalue weighted by atomic mass is 10.1. The van der Waals surface area contributed by atoms with Gasteiger partial charge in [0.1, 0.15) is 0 Å². The molecule has 0 aliphatic carbocycles. The van der Waals surface area contributed by atoms with E-state index in [0.717, 1.165) is 31.5 Å². The number of likely N-dealkylation sites (tertiary alicyclic amines) is 1. The van der Waals surface area contributed by atoms with E-state index in [1.165, 1.54) is 32.4 Å². The standard InChI is InChI=1S/C23H31Cl2N3O2/c24-20-8-6-19(18-21(20)25)7-9-22(29)28-15-10-23(30)27(16-17-28)14-5-4-13-26-11-2-1-3-12-26/h6-9,18H,1-5,10-17H2. The van der Waals surface area contributed by atoms with Crippen molar-refractivity contribution in [2.24, 2.45) is 0 Å². The fourth-order valence-corrected chi connectivity index (χ4v) is 4.34. The van der Waals surface area contributed by atoms with Crippen LogP contribution in [0, 0.1) is 0 Å².